The van der Waals surface area contributed by atoms with E-state index in [0.29, 0.717) is 11.4 Å². The molecule has 0 aliphatic rings. The quantitative estimate of drug-likeness (QED) is 0.831. The molecule has 0 amide bonds. The second-order valence-electron chi connectivity index (χ2n) is 4.89. The minimum Gasteiger partial charge on any atom is -0.398 e. The van der Waals surface area contributed by atoms with Crippen LogP contribution in [-0.2, 0) is 16.4 Å². The predicted molar refractivity (Wildman–Crippen MR) is 85.8 cm³/mol. The first-order valence-corrected chi connectivity index (χ1v) is 8.36. The van der Waals surface area contributed by atoms with Gasteiger partial charge in [-0.2, -0.15) is 0 Å². The highest BCUT2D eigenvalue weighted by molar-refractivity contribution is 7.89. The molecule has 4 nitrogen and oxygen atoms in total. The van der Waals surface area contributed by atoms with Crippen molar-refractivity contribution in [3.63, 3.8) is 0 Å². The summed E-state index contributed by atoms with van der Waals surface area (Å²) in [5.74, 6) is 0. The highest BCUT2D eigenvalue weighted by Gasteiger charge is 2.20. The number of rotatable bonds is 5. The summed E-state index contributed by atoms with van der Waals surface area (Å²) in [5, 5.41) is 0.334. The summed E-state index contributed by atoms with van der Waals surface area (Å²) in [6.45, 7) is 1.81. The monoisotopic (exact) mass is 324 g/mol. The molecular weight excluding hydrogens is 308 g/mol. The molecule has 3 N–H and O–H groups in total. The molecule has 0 aromatic heterocycles. The average Bonchev–Trinajstić information content (AvgIpc) is 2.41. The first kappa shape index (κ1) is 15.8. The normalized spacial score (nSPS) is 13.0. The molecule has 2 aromatic rings. The highest BCUT2D eigenvalue weighted by Crippen LogP contribution is 2.22. The van der Waals surface area contributed by atoms with Gasteiger partial charge in [0.2, 0.25) is 10.0 Å². The van der Waals surface area contributed by atoms with Gasteiger partial charge in [-0.25, -0.2) is 13.1 Å². The van der Waals surface area contributed by atoms with Crippen LogP contribution in [-0.4, -0.2) is 14.5 Å². The fraction of sp³-hybridized carbons (Fsp3) is 0.200. The third kappa shape index (κ3) is 4.20. The molecule has 6 heteroatoms. The Balaban J connectivity index is 2.15. The Bertz CT molecular complexity index is 718. The second kappa shape index (κ2) is 6.47. The maximum atomic E-state index is 12.4. The molecule has 2 aromatic carbocycles. The zero-order valence-corrected chi connectivity index (χ0v) is 13.2. The molecule has 0 saturated carbocycles. The topological polar surface area (TPSA) is 72.2 Å². The van der Waals surface area contributed by atoms with E-state index in [-0.39, 0.29) is 16.6 Å². The van der Waals surface area contributed by atoms with Crippen LogP contribution in [0, 0.1) is 0 Å². The summed E-state index contributed by atoms with van der Waals surface area (Å²) in [5.41, 5.74) is 6.97. The van der Waals surface area contributed by atoms with Crippen molar-refractivity contribution in [1.29, 1.82) is 0 Å². The number of hydrogen-bond acceptors (Lipinski definition) is 3. The zero-order chi connectivity index (χ0) is 15.5. The Labute approximate surface area is 130 Å². The molecule has 1 atom stereocenters. The number of sulfonamides is 1. The van der Waals surface area contributed by atoms with Gasteiger partial charge in [0.15, 0.2) is 0 Å². The van der Waals surface area contributed by atoms with E-state index < -0.39 is 10.0 Å². The molecule has 112 valence electrons. The SMILES string of the molecule is CC(Cc1ccccc1)NS(=O)(=O)c1cc(Cl)ccc1N. The van der Waals surface area contributed by atoms with Gasteiger partial charge in [0, 0.05) is 11.1 Å². The van der Waals surface area contributed by atoms with Crippen molar-refractivity contribution in [2.24, 2.45) is 0 Å². The number of halogens is 1. The summed E-state index contributed by atoms with van der Waals surface area (Å²) in [4.78, 5) is 0.00918. The summed E-state index contributed by atoms with van der Waals surface area (Å²) < 4.78 is 27.3. The molecule has 0 bridgehead atoms. The maximum absolute atomic E-state index is 12.4. The molecule has 0 aliphatic heterocycles. The standard InChI is InChI=1S/C15H17ClN2O2S/c1-11(9-12-5-3-2-4-6-12)18-21(19,20)15-10-13(16)7-8-14(15)17/h2-8,10-11,18H,9,17H2,1H3. The Kier molecular flexibility index (Phi) is 4.88. The Morgan fingerprint density at radius 3 is 2.52 bits per heavy atom. The summed E-state index contributed by atoms with van der Waals surface area (Å²) in [6.07, 6.45) is 0.598. The van der Waals surface area contributed by atoms with Crippen LogP contribution in [0.1, 0.15) is 12.5 Å². The molecule has 0 radical (unpaired) electrons. The first-order valence-electron chi connectivity index (χ1n) is 6.50. The first-order chi connectivity index (χ1) is 9.88. The van der Waals surface area contributed by atoms with E-state index in [2.05, 4.69) is 4.72 Å². The third-order valence-corrected chi connectivity index (χ3v) is 4.89. The van der Waals surface area contributed by atoms with Crippen LogP contribution in [0.3, 0.4) is 0 Å². The molecule has 2 rings (SSSR count). The molecule has 0 spiro atoms. The van der Waals surface area contributed by atoms with Crippen LogP contribution in [0.25, 0.3) is 0 Å². The van der Waals surface area contributed by atoms with Gasteiger partial charge in [-0.05, 0) is 37.1 Å². The highest BCUT2D eigenvalue weighted by atomic mass is 35.5. The van der Waals surface area contributed by atoms with Crippen molar-refractivity contribution in [2.45, 2.75) is 24.3 Å². The fourth-order valence-electron chi connectivity index (χ4n) is 2.08. The van der Waals surface area contributed by atoms with E-state index in [1.165, 1.54) is 12.1 Å². The van der Waals surface area contributed by atoms with Gasteiger partial charge in [-0.3, -0.25) is 0 Å². The summed E-state index contributed by atoms with van der Waals surface area (Å²) in [6, 6.07) is 13.8. The largest absolute Gasteiger partial charge is 0.398 e. The summed E-state index contributed by atoms with van der Waals surface area (Å²) >= 11 is 5.84. The van der Waals surface area contributed by atoms with Crippen molar-refractivity contribution >= 4 is 27.3 Å². The number of benzene rings is 2. The number of anilines is 1. The van der Waals surface area contributed by atoms with Gasteiger partial charge in [0.1, 0.15) is 4.90 Å². The lowest BCUT2D eigenvalue weighted by atomic mass is 10.1. The minimum atomic E-state index is -3.69. The van der Waals surface area contributed by atoms with E-state index in [0.717, 1.165) is 5.56 Å². The molecule has 0 fully saturated rings. The van der Waals surface area contributed by atoms with Crippen molar-refractivity contribution in [3.8, 4) is 0 Å². The van der Waals surface area contributed by atoms with Crippen molar-refractivity contribution < 1.29 is 8.42 Å². The van der Waals surface area contributed by atoms with E-state index in [1.807, 2.05) is 37.3 Å². The van der Waals surface area contributed by atoms with Gasteiger partial charge in [0.25, 0.3) is 0 Å². The van der Waals surface area contributed by atoms with E-state index in [9.17, 15) is 8.42 Å². The molecule has 0 aliphatic carbocycles. The minimum absolute atomic E-state index is 0.00918. The average molecular weight is 325 g/mol. The number of nitrogens with one attached hydrogen (secondary N) is 1. The van der Waals surface area contributed by atoms with Crippen LogP contribution in [0.4, 0.5) is 5.69 Å². The maximum Gasteiger partial charge on any atom is 0.242 e. The number of nitrogen functional groups attached to an aromatic ring is 1. The van der Waals surface area contributed by atoms with Crippen molar-refractivity contribution in [3.05, 3.63) is 59.1 Å². The van der Waals surface area contributed by atoms with Gasteiger partial charge in [-0.15, -0.1) is 0 Å². The number of hydrogen-bond donors (Lipinski definition) is 2. The fourth-order valence-corrected chi connectivity index (χ4v) is 3.72. The zero-order valence-electron chi connectivity index (χ0n) is 11.6. The van der Waals surface area contributed by atoms with Gasteiger partial charge >= 0.3 is 0 Å². The van der Waals surface area contributed by atoms with Crippen LogP contribution >= 0.6 is 11.6 Å². The van der Waals surface area contributed by atoms with Gasteiger partial charge < -0.3 is 5.73 Å². The van der Waals surface area contributed by atoms with Crippen LogP contribution in [0.15, 0.2) is 53.4 Å². The van der Waals surface area contributed by atoms with Gasteiger partial charge in [0.05, 0.1) is 5.69 Å². The molecule has 0 saturated heterocycles. The van der Waals surface area contributed by atoms with Crippen molar-refractivity contribution in [2.75, 3.05) is 5.73 Å². The molecular formula is C15H17ClN2O2S. The third-order valence-electron chi connectivity index (χ3n) is 3.01. The van der Waals surface area contributed by atoms with E-state index in [1.54, 1.807) is 6.07 Å². The summed E-state index contributed by atoms with van der Waals surface area (Å²) in [7, 11) is -3.69. The van der Waals surface area contributed by atoms with E-state index in [4.69, 9.17) is 17.3 Å². The van der Waals surface area contributed by atoms with E-state index >= 15 is 0 Å². The lowest BCUT2D eigenvalue weighted by molar-refractivity contribution is 0.560. The second-order valence-corrected chi connectivity index (χ2v) is 7.01. The van der Waals surface area contributed by atoms with Gasteiger partial charge in [-0.1, -0.05) is 41.9 Å². The lowest BCUT2D eigenvalue weighted by Crippen LogP contribution is -2.34. The Morgan fingerprint density at radius 1 is 1.19 bits per heavy atom. The van der Waals surface area contributed by atoms with Crippen molar-refractivity contribution in [1.82, 2.24) is 4.72 Å². The molecule has 21 heavy (non-hydrogen) atoms. The number of nitrogens with two attached hydrogens (primary N) is 1. The molecule has 1 unspecified atom stereocenters. The Morgan fingerprint density at radius 2 is 1.86 bits per heavy atom. The van der Waals surface area contributed by atoms with Crippen LogP contribution in [0.5, 0.6) is 0 Å². The lowest BCUT2D eigenvalue weighted by Gasteiger charge is -2.15. The van der Waals surface area contributed by atoms with Crippen LogP contribution < -0.4 is 10.5 Å². The smallest absolute Gasteiger partial charge is 0.242 e. The van der Waals surface area contributed by atoms with Crippen LogP contribution in [0.2, 0.25) is 5.02 Å². The Hall–Kier alpha value is -1.56. The molecule has 0 heterocycles. The predicted octanol–water partition coefficient (Wildman–Crippen LogP) is 2.83.